The zero-order valence-corrected chi connectivity index (χ0v) is 5.29. The molecule has 0 aliphatic heterocycles. The monoisotopic (exact) mass is 132 g/mol. The molecular weight excluding hydrogens is 122 g/mol. The molecule has 0 saturated heterocycles. The largest absolute Gasteiger partial charge is 0.248 e. The third-order valence-corrected chi connectivity index (χ3v) is 2.61. The first-order chi connectivity index (χ1) is 4.12. The lowest BCUT2D eigenvalue weighted by molar-refractivity contribution is 0.00370. The number of alkyl halides is 2. The van der Waals surface area contributed by atoms with Crippen LogP contribution in [0.25, 0.3) is 0 Å². The zero-order chi connectivity index (χ0) is 6.54. The van der Waals surface area contributed by atoms with Crippen LogP contribution in [0, 0.1) is 5.41 Å². The van der Waals surface area contributed by atoms with Crippen LogP contribution in [0.4, 0.5) is 8.78 Å². The van der Waals surface area contributed by atoms with Crippen molar-refractivity contribution in [3.8, 4) is 0 Å². The second-order valence-corrected chi connectivity index (χ2v) is 3.53. The summed E-state index contributed by atoms with van der Waals surface area (Å²) in [5.41, 5.74) is 0.128. The molecule has 2 aliphatic rings. The van der Waals surface area contributed by atoms with Crippen LogP contribution in [-0.2, 0) is 0 Å². The molecule has 0 nitrogen and oxygen atoms in total. The van der Waals surface area contributed by atoms with E-state index in [-0.39, 0.29) is 18.3 Å². The van der Waals surface area contributed by atoms with Crippen molar-refractivity contribution in [3.05, 3.63) is 0 Å². The van der Waals surface area contributed by atoms with Crippen molar-refractivity contribution >= 4 is 0 Å². The van der Waals surface area contributed by atoms with Crippen LogP contribution in [0.5, 0.6) is 0 Å². The Morgan fingerprint density at radius 1 is 0.889 bits per heavy atom. The van der Waals surface area contributed by atoms with Gasteiger partial charge in [0.1, 0.15) is 0 Å². The van der Waals surface area contributed by atoms with Crippen LogP contribution in [0.15, 0.2) is 0 Å². The van der Waals surface area contributed by atoms with Crippen molar-refractivity contribution < 1.29 is 8.78 Å². The molecule has 0 atom stereocenters. The first kappa shape index (κ1) is 5.63. The highest BCUT2D eigenvalue weighted by Crippen LogP contribution is 2.62. The van der Waals surface area contributed by atoms with Gasteiger partial charge in [0.15, 0.2) is 0 Å². The molecule has 2 fully saturated rings. The highest BCUT2D eigenvalue weighted by molar-refractivity contribution is 5.02. The summed E-state index contributed by atoms with van der Waals surface area (Å²) in [5.74, 6) is -2.31. The molecule has 2 rings (SSSR count). The van der Waals surface area contributed by atoms with Crippen molar-refractivity contribution in [1.82, 2.24) is 0 Å². The van der Waals surface area contributed by atoms with E-state index in [0.29, 0.717) is 0 Å². The van der Waals surface area contributed by atoms with Gasteiger partial charge in [-0.15, -0.1) is 0 Å². The van der Waals surface area contributed by atoms with E-state index in [9.17, 15) is 8.78 Å². The first-order valence-electron chi connectivity index (χ1n) is 3.50. The normalized spacial score (nSPS) is 35.3. The summed E-state index contributed by atoms with van der Waals surface area (Å²) in [6, 6.07) is 0. The van der Waals surface area contributed by atoms with Crippen molar-refractivity contribution in [1.29, 1.82) is 0 Å². The maximum atomic E-state index is 12.5. The van der Waals surface area contributed by atoms with E-state index >= 15 is 0 Å². The van der Waals surface area contributed by atoms with Gasteiger partial charge < -0.3 is 0 Å². The van der Waals surface area contributed by atoms with Gasteiger partial charge in [0.05, 0.1) is 0 Å². The SMILES string of the molecule is FC1(F)CCC2(CC2)C1. The van der Waals surface area contributed by atoms with E-state index in [4.69, 9.17) is 0 Å². The van der Waals surface area contributed by atoms with Gasteiger partial charge in [0.25, 0.3) is 0 Å². The summed E-state index contributed by atoms with van der Waals surface area (Å²) in [4.78, 5) is 0. The Kier molecular flexibility index (Phi) is 0.814. The van der Waals surface area contributed by atoms with E-state index in [1.54, 1.807) is 0 Å². The minimum Gasteiger partial charge on any atom is -0.207 e. The van der Waals surface area contributed by atoms with Gasteiger partial charge in [-0.2, -0.15) is 0 Å². The lowest BCUT2D eigenvalue weighted by Crippen LogP contribution is -2.09. The molecule has 2 aliphatic carbocycles. The Bertz CT molecular complexity index is 132. The maximum absolute atomic E-state index is 12.5. The Balaban J connectivity index is 2.08. The molecular formula is C7H10F2. The van der Waals surface area contributed by atoms with Crippen molar-refractivity contribution in [2.45, 2.75) is 38.0 Å². The summed E-state index contributed by atoms with van der Waals surface area (Å²) in [6.07, 6.45) is 3.22. The molecule has 0 unspecified atom stereocenters. The van der Waals surface area contributed by atoms with Gasteiger partial charge in [-0.3, -0.25) is 0 Å². The second-order valence-electron chi connectivity index (χ2n) is 3.53. The molecule has 2 heteroatoms. The van der Waals surface area contributed by atoms with Crippen molar-refractivity contribution in [3.63, 3.8) is 0 Å². The van der Waals surface area contributed by atoms with Gasteiger partial charge in [0.2, 0.25) is 5.92 Å². The summed E-state index contributed by atoms with van der Waals surface area (Å²) in [5, 5.41) is 0. The fourth-order valence-electron chi connectivity index (χ4n) is 1.78. The smallest absolute Gasteiger partial charge is 0.207 e. The summed E-state index contributed by atoms with van der Waals surface area (Å²) in [6.45, 7) is 0. The van der Waals surface area contributed by atoms with Crippen LogP contribution in [0.3, 0.4) is 0 Å². The van der Waals surface area contributed by atoms with E-state index in [1.807, 2.05) is 0 Å². The quantitative estimate of drug-likeness (QED) is 0.475. The molecule has 0 radical (unpaired) electrons. The zero-order valence-electron chi connectivity index (χ0n) is 5.29. The Labute approximate surface area is 53.2 Å². The minimum absolute atomic E-state index is 0.128. The van der Waals surface area contributed by atoms with Crippen LogP contribution >= 0.6 is 0 Å². The molecule has 0 aromatic heterocycles. The molecule has 0 amide bonds. The van der Waals surface area contributed by atoms with Crippen molar-refractivity contribution in [2.75, 3.05) is 0 Å². The molecule has 2 saturated carbocycles. The van der Waals surface area contributed by atoms with E-state index in [2.05, 4.69) is 0 Å². The van der Waals surface area contributed by atoms with E-state index in [0.717, 1.165) is 19.3 Å². The van der Waals surface area contributed by atoms with Gasteiger partial charge in [-0.1, -0.05) is 0 Å². The summed E-state index contributed by atoms with van der Waals surface area (Å²) >= 11 is 0. The average Bonchev–Trinajstić information content (AvgIpc) is 2.36. The van der Waals surface area contributed by atoms with Crippen LogP contribution in [0.2, 0.25) is 0 Å². The maximum Gasteiger partial charge on any atom is 0.248 e. The molecule has 0 N–H and O–H groups in total. The molecule has 0 bridgehead atoms. The molecule has 1 spiro atoms. The number of halogens is 2. The van der Waals surface area contributed by atoms with Gasteiger partial charge in [0, 0.05) is 12.8 Å². The lowest BCUT2D eigenvalue weighted by atomic mass is 10.1. The van der Waals surface area contributed by atoms with Crippen molar-refractivity contribution in [2.24, 2.45) is 5.41 Å². The van der Waals surface area contributed by atoms with Gasteiger partial charge >= 0.3 is 0 Å². The topological polar surface area (TPSA) is 0 Å². The third kappa shape index (κ3) is 0.846. The van der Waals surface area contributed by atoms with Crippen LogP contribution < -0.4 is 0 Å². The van der Waals surface area contributed by atoms with Crippen LogP contribution in [0.1, 0.15) is 32.1 Å². The second kappa shape index (κ2) is 1.30. The first-order valence-corrected chi connectivity index (χ1v) is 3.50. The average molecular weight is 132 g/mol. The molecule has 0 heterocycles. The predicted molar refractivity (Wildman–Crippen MR) is 30.5 cm³/mol. The Hall–Kier alpha value is -0.140. The highest BCUT2D eigenvalue weighted by Gasteiger charge is 2.55. The minimum atomic E-state index is -2.31. The molecule has 9 heavy (non-hydrogen) atoms. The number of rotatable bonds is 0. The lowest BCUT2D eigenvalue weighted by Gasteiger charge is -2.06. The van der Waals surface area contributed by atoms with Crippen LogP contribution in [-0.4, -0.2) is 5.92 Å². The highest BCUT2D eigenvalue weighted by atomic mass is 19.3. The fourth-order valence-corrected chi connectivity index (χ4v) is 1.78. The molecule has 52 valence electrons. The fraction of sp³-hybridized carbons (Fsp3) is 1.00. The standard InChI is InChI=1S/C7H10F2/c8-7(9)4-3-6(5-7)1-2-6/h1-5H2. The predicted octanol–water partition coefficient (Wildman–Crippen LogP) is 2.59. The van der Waals surface area contributed by atoms with Gasteiger partial charge in [-0.05, 0) is 24.7 Å². The van der Waals surface area contributed by atoms with Gasteiger partial charge in [-0.25, -0.2) is 8.78 Å². The van der Waals surface area contributed by atoms with E-state index in [1.165, 1.54) is 0 Å². The molecule has 0 aromatic carbocycles. The number of hydrogen-bond acceptors (Lipinski definition) is 0. The van der Waals surface area contributed by atoms with E-state index < -0.39 is 5.92 Å². The third-order valence-electron chi connectivity index (χ3n) is 2.61. The Morgan fingerprint density at radius 2 is 1.44 bits per heavy atom. The Morgan fingerprint density at radius 3 is 1.67 bits per heavy atom. The molecule has 0 aromatic rings. The summed E-state index contributed by atoms with van der Waals surface area (Å²) in [7, 11) is 0. The number of hydrogen-bond donors (Lipinski definition) is 0. The summed E-state index contributed by atoms with van der Waals surface area (Å²) < 4.78 is 25.0.